The van der Waals surface area contributed by atoms with Crippen LogP contribution >= 0.6 is 0 Å². The van der Waals surface area contributed by atoms with Crippen LogP contribution in [0, 0.1) is 0 Å². The third kappa shape index (κ3) is 3.45. The molecule has 0 bridgehead atoms. The topological polar surface area (TPSA) is 40.6 Å². The summed E-state index contributed by atoms with van der Waals surface area (Å²) in [7, 11) is 0. The van der Waals surface area contributed by atoms with E-state index in [-0.39, 0.29) is 17.2 Å². The zero-order chi connectivity index (χ0) is 26.7. The Bertz CT molecular complexity index is 1700. The summed E-state index contributed by atoms with van der Waals surface area (Å²) in [5.74, 6) is -0.598. The fourth-order valence-corrected chi connectivity index (χ4v) is 6.02. The Hall–Kier alpha value is -4.96. The van der Waals surface area contributed by atoms with Gasteiger partial charge in [0.05, 0.1) is 28.2 Å². The molecular formula is C35H26N2O2. The van der Waals surface area contributed by atoms with Gasteiger partial charge >= 0.3 is 0 Å². The first-order valence-electron chi connectivity index (χ1n) is 13.1. The van der Waals surface area contributed by atoms with E-state index in [0.717, 1.165) is 28.2 Å². The van der Waals surface area contributed by atoms with Gasteiger partial charge < -0.3 is 4.90 Å². The highest BCUT2D eigenvalue weighted by molar-refractivity contribution is 6.34. The second-order valence-electron chi connectivity index (χ2n) is 10.6. The van der Waals surface area contributed by atoms with Gasteiger partial charge in [0.1, 0.15) is 0 Å². The average molecular weight is 507 g/mol. The van der Waals surface area contributed by atoms with Crippen molar-refractivity contribution in [2.24, 2.45) is 0 Å². The van der Waals surface area contributed by atoms with Gasteiger partial charge in [0.25, 0.3) is 11.8 Å². The minimum absolute atomic E-state index is 0.188. The lowest BCUT2D eigenvalue weighted by molar-refractivity contribution is 0.0926. The SMILES string of the molecule is CC1(C)c2ccccc2N(c2cc(-c3ccccc3)cc(N3C(=O)c4ccccc4C3=O)c2)c2ccccc21. The molecule has 0 aromatic heterocycles. The van der Waals surface area contributed by atoms with E-state index < -0.39 is 0 Å². The van der Waals surface area contributed by atoms with Crippen LogP contribution in [0.5, 0.6) is 0 Å². The molecule has 0 saturated carbocycles. The van der Waals surface area contributed by atoms with Crippen molar-refractivity contribution >= 4 is 34.6 Å². The first-order valence-corrected chi connectivity index (χ1v) is 13.1. The van der Waals surface area contributed by atoms with E-state index in [1.165, 1.54) is 16.0 Å². The first kappa shape index (κ1) is 23.2. The van der Waals surface area contributed by atoms with Gasteiger partial charge in [-0.2, -0.15) is 0 Å². The molecule has 0 atom stereocenters. The fraction of sp³-hybridized carbons (Fsp3) is 0.0857. The number of anilines is 4. The van der Waals surface area contributed by atoms with Crippen molar-refractivity contribution in [1.29, 1.82) is 0 Å². The molecule has 2 aliphatic heterocycles. The Morgan fingerprint density at radius 3 is 1.51 bits per heavy atom. The number of imide groups is 1. The van der Waals surface area contributed by atoms with Crippen LogP contribution in [-0.2, 0) is 5.41 Å². The van der Waals surface area contributed by atoms with Crippen molar-refractivity contribution < 1.29 is 9.59 Å². The number of rotatable bonds is 3. The maximum absolute atomic E-state index is 13.5. The number of hydrogen-bond acceptors (Lipinski definition) is 3. The van der Waals surface area contributed by atoms with E-state index in [1.54, 1.807) is 24.3 Å². The number of nitrogens with zero attached hydrogens (tertiary/aromatic N) is 2. The number of amides is 2. The summed E-state index contributed by atoms with van der Waals surface area (Å²) in [4.78, 5) is 30.6. The van der Waals surface area contributed by atoms with Crippen LogP contribution in [-0.4, -0.2) is 11.8 Å². The predicted octanol–water partition coefficient (Wildman–Crippen LogP) is 8.26. The van der Waals surface area contributed by atoms with Crippen LogP contribution in [0.15, 0.2) is 121 Å². The average Bonchev–Trinajstić information content (AvgIpc) is 3.23. The molecule has 2 heterocycles. The molecule has 0 aliphatic carbocycles. The molecule has 5 aromatic rings. The number of carbonyl (C=O) groups is 2. The van der Waals surface area contributed by atoms with E-state index in [4.69, 9.17) is 0 Å². The Morgan fingerprint density at radius 1 is 0.487 bits per heavy atom. The Morgan fingerprint density at radius 2 is 0.949 bits per heavy atom. The van der Waals surface area contributed by atoms with E-state index in [0.29, 0.717) is 16.8 Å². The summed E-state index contributed by atoms with van der Waals surface area (Å²) in [5, 5.41) is 0. The molecule has 2 aliphatic rings. The lowest BCUT2D eigenvalue weighted by Gasteiger charge is -2.42. The van der Waals surface area contributed by atoms with Crippen LogP contribution in [0.2, 0.25) is 0 Å². The summed E-state index contributed by atoms with van der Waals surface area (Å²) in [5.41, 5.74) is 8.67. The zero-order valence-electron chi connectivity index (χ0n) is 21.8. The standard InChI is InChI=1S/C35H26N2O2/c1-35(2)29-16-8-10-18-31(29)36(32-19-11-9-17-30(32)35)25-20-24(23-12-4-3-5-13-23)21-26(22-25)37-33(38)27-14-6-7-15-28(27)34(37)39/h3-22H,1-2H3. The summed E-state index contributed by atoms with van der Waals surface area (Å²) in [6.07, 6.45) is 0. The normalized spacial score (nSPS) is 15.1. The maximum Gasteiger partial charge on any atom is 0.266 e. The molecule has 0 unspecified atom stereocenters. The summed E-state index contributed by atoms with van der Waals surface area (Å²) >= 11 is 0. The van der Waals surface area contributed by atoms with Crippen LogP contribution in [0.25, 0.3) is 11.1 Å². The van der Waals surface area contributed by atoms with Gasteiger partial charge in [-0.25, -0.2) is 4.90 Å². The van der Waals surface area contributed by atoms with Gasteiger partial charge in [0, 0.05) is 11.1 Å². The fourth-order valence-electron chi connectivity index (χ4n) is 6.02. The van der Waals surface area contributed by atoms with Gasteiger partial charge in [0.15, 0.2) is 0 Å². The number of carbonyl (C=O) groups excluding carboxylic acids is 2. The predicted molar refractivity (Wildman–Crippen MR) is 156 cm³/mol. The second-order valence-corrected chi connectivity index (χ2v) is 10.6. The number of hydrogen-bond donors (Lipinski definition) is 0. The Balaban J connectivity index is 1.48. The first-order chi connectivity index (χ1) is 18.9. The van der Waals surface area contributed by atoms with E-state index in [2.05, 4.69) is 73.3 Å². The van der Waals surface area contributed by atoms with Gasteiger partial charge in [-0.05, 0) is 64.7 Å². The van der Waals surface area contributed by atoms with E-state index in [1.807, 2.05) is 42.5 Å². The van der Waals surface area contributed by atoms with Gasteiger partial charge in [-0.15, -0.1) is 0 Å². The molecular weight excluding hydrogens is 480 g/mol. The van der Waals surface area contributed by atoms with Crippen LogP contribution in [0.4, 0.5) is 22.7 Å². The maximum atomic E-state index is 13.5. The lowest BCUT2D eigenvalue weighted by Crippen LogP contribution is -2.31. The molecule has 4 heteroatoms. The Kier molecular flexibility index (Phi) is 5.07. The van der Waals surface area contributed by atoms with Crippen LogP contribution < -0.4 is 9.80 Å². The zero-order valence-corrected chi connectivity index (χ0v) is 21.8. The van der Waals surface area contributed by atoms with Crippen molar-refractivity contribution in [2.75, 3.05) is 9.80 Å². The van der Waals surface area contributed by atoms with Crippen molar-refractivity contribution in [3.63, 3.8) is 0 Å². The molecule has 39 heavy (non-hydrogen) atoms. The minimum atomic E-state index is -0.299. The van der Waals surface area contributed by atoms with Gasteiger partial charge in [-0.3, -0.25) is 9.59 Å². The van der Waals surface area contributed by atoms with Crippen molar-refractivity contribution in [3.8, 4) is 11.1 Å². The van der Waals surface area contributed by atoms with Crippen molar-refractivity contribution in [3.05, 3.63) is 144 Å². The molecule has 2 amide bonds. The third-order valence-corrected chi connectivity index (χ3v) is 7.96. The molecule has 188 valence electrons. The largest absolute Gasteiger partial charge is 0.310 e. The lowest BCUT2D eigenvalue weighted by atomic mass is 9.73. The third-order valence-electron chi connectivity index (χ3n) is 7.96. The van der Waals surface area contributed by atoms with Crippen molar-refractivity contribution in [1.82, 2.24) is 0 Å². The number of fused-ring (bicyclic) bond motifs is 3. The molecule has 5 aromatic carbocycles. The monoisotopic (exact) mass is 506 g/mol. The molecule has 7 rings (SSSR count). The highest BCUT2D eigenvalue weighted by Crippen LogP contribution is 2.52. The summed E-state index contributed by atoms with van der Waals surface area (Å²) in [6, 6.07) is 40.1. The second kappa shape index (κ2) is 8.53. The van der Waals surface area contributed by atoms with Gasteiger partial charge in [0.2, 0.25) is 0 Å². The molecule has 0 radical (unpaired) electrons. The molecule has 0 spiro atoms. The summed E-state index contributed by atoms with van der Waals surface area (Å²) in [6.45, 7) is 4.51. The van der Waals surface area contributed by atoms with Crippen LogP contribution in [0.1, 0.15) is 45.7 Å². The van der Waals surface area contributed by atoms with E-state index >= 15 is 0 Å². The van der Waals surface area contributed by atoms with Crippen molar-refractivity contribution in [2.45, 2.75) is 19.3 Å². The number of para-hydroxylation sites is 2. The highest BCUT2D eigenvalue weighted by Gasteiger charge is 2.39. The molecule has 4 nitrogen and oxygen atoms in total. The number of benzene rings is 5. The smallest absolute Gasteiger partial charge is 0.266 e. The molecule has 0 N–H and O–H groups in total. The summed E-state index contributed by atoms with van der Waals surface area (Å²) < 4.78 is 0. The Labute approximate surface area is 227 Å². The molecule has 0 fully saturated rings. The van der Waals surface area contributed by atoms with Crippen LogP contribution in [0.3, 0.4) is 0 Å². The highest BCUT2D eigenvalue weighted by atomic mass is 16.2. The minimum Gasteiger partial charge on any atom is -0.310 e. The van der Waals surface area contributed by atoms with Gasteiger partial charge in [-0.1, -0.05) is 92.7 Å². The quantitative estimate of drug-likeness (QED) is 0.231. The van der Waals surface area contributed by atoms with E-state index in [9.17, 15) is 9.59 Å². The molecule has 0 saturated heterocycles.